The van der Waals surface area contributed by atoms with Crippen LogP contribution in [0.25, 0.3) is 0 Å². The van der Waals surface area contributed by atoms with Gasteiger partial charge in [0.15, 0.2) is 0 Å². The van der Waals surface area contributed by atoms with Crippen LogP contribution in [-0.4, -0.2) is 44.2 Å². The highest BCUT2D eigenvalue weighted by Crippen LogP contribution is 2.29. The van der Waals surface area contributed by atoms with Gasteiger partial charge in [0.25, 0.3) is 0 Å². The van der Waals surface area contributed by atoms with Gasteiger partial charge in [-0.05, 0) is 45.1 Å². The van der Waals surface area contributed by atoms with Crippen LogP contribution in [-0.2, 0) is 0 Å². The van der Waals surface area contributed by atoms with Gasteiger partial charge >= 0.3 is 0 Å². The molecule has 1 aliphatic rings. The Balaban J connectivity index is 2.17. The van der Waals surface area contributed by atoms with Crippen molar-refractivity contribution in [3.05, 3.63) is 29.8 Å². The molecule has 2 N–H and O–H groups in total. The molecule has 1 unspecified atom stereocenters. The summed E-state index contributed by atoms with van der Waals surface area (Å²) in [5.41, 5.74) is 8.75. The largest absolute Gasteiger partial charge is 0.370 e. The molecule has 17 heavy (non-hydrogen) atoms. The molecule has 1 aliphatic heterocycles. The predicted octanol–water partition coefficient (Wildman–Crippen LogP) is 1.46. The van der Waals surface area contributed by atoms with Crippen LogP contribution in [0.4, 0.5) is 5.69 Å². The van der Waals surface area contributed by atoms with Crippen molar-refractivity contribution in [2.24, 2.45) is 5.73 Å². The highest BCUT2D eigenvalue weighted by Gasteiger charge is 2.38. The first-order valence-electron chi connectivity index (χ1n) is 6.26. The van der Waals surface area contributed by atoms with E-state index in [1.807, 2.05) is 0 Å². The molecule has 3 heteroatoms. The van der Waals surface area contributed by atoms with E-state index in [4.69, 9.17) is 5.73 Å². The summed E-state index contributed by atoms with van der Waals surface area (Å²) in [4.78, 5) is 4.72. The molecule has 94 valence electrons. The Morgan fingerprint density at radius 1 is 1.41 bits per heavy atom. The van der Waals surface area contributed by atoms with E-state index in [9.17, 15) is 0 Å². The number of hydrogen-bond acceptors (Lipinski definition) is 3. The van der Waals surface area contributed by atoms with Crippen LogP contribution in [0.3, 0.4) is 0 Å². The average molecular weight is 233 g/mol. The normalized spacial score (nSPS) is 24.6. The second kappa shape index (κ2) is 4.67. The van der Waals surface area contributed by atoms with Crippen molar-refractivity contribution < 1.29 is 0 Å². The summed E-state index contributed by atoms with van der Waals surface area (Å²) in [6.45, 7) is 4.99. The number of hydrogen-bond donors (Lipinski definition) is 1. The number of aryl methyl sites for hydroxylation is 1. The molecule has 1 atom stereocenters. The molecule has 0 saturated carbocycles. The fourth-order valence-electron chi connectivity index (χ4n) is 2.62. The van der Waals surface area contributed by atoms with Crippen molar-refractivity contribution in [3.63, 3.8) is 0 Å². The third kappa shape index (κ3) is 2.31. The zero-order valence-corrected chi connectivity index (χ0v) is 11.1. The highest BCUT2D eigenvalue weighted by molar-refractivity contribution is 5.50. The molecule has 0 bridgehead atoms. The van der Waals surface area contributed by atoms with Gasteiger partial charge in [-0.2, -0.15) is 0 Å². The summed E-state index contributed by atoms with van der Waals surface area (Å²) in [6.07, 6.45) is 1.14. The zero-order valence-electron chi connectivity index (χ0n) is 11.1. The molecule has 2 rings (SSSR count). The second-order valence-corrected chi connectivity index (χ2v) is 5.33. The van der Waals surface area contributed by atoms with Gasteiger partial charge in [0.1, 0.15) is 0 Å². The van der Waals surface area contributed by atoms with Crippen LogP contribution in [0.2, 0.25) is 0 Å². The second-order valence-electron chi connectivity index (χ2n) is 5.33. The molecule has 0 aliphatic carbocycles. The molecule has 1 saturated heterocycles. The lowest BCUT2D eigenvalue weighted by Crippen LogP contribution is -2.52. The maximum Gasteiger partial charge on any atom is 0.0518 e. The molecule has 0 aromatic heterocycles. The third-order valence-electron chi connectivity index (χ3n) is 4.03. The van der Waals surface area contributed by atoms with Crippen molar-refractivity contribution in [1.29, 1.82) is 0 Å². The van der Waals surface area contributed by atoms with Crippen LogP contribution >= 0.6 is 0 Å². The fraction of sp³-hybridized carbons (Fsp3) is 0.571. The van der Waals surface area contributed by atoms with Gasteiger partial charge in [-0.25, -0.2) is 0 Å². The van der Waals surface area contributed by atoms with Crippen LogP contribution < -0.4 is 10.6 Å². The minimum Gasteiger partial charge on any atom is -0.370 e. The van der Waals surface area contributed by atoms with E-state index in [-0.39, 0.29) is 5.54 Å². The van der Waals surface area contributed by atoms with E-state index in [2.05, 4.69) is 55.1 Å². The number of likely N-dealkylation sites (N-methyl/N-ethyl adjacent to an activating group) is 1. The molecule has 1 aromatic carbocycles. The molecular formula is C14H23N3. The Morgan fingerprint density at radius 2 is 2.18 bits per heavy atom. The quantitative estimate of drug-likeness (QED) is 0.858. The van der Waals surface area contributed by atoms with E-state index in [1.54, 1.807) is 0 Å². The Hall–Kier alpha value is -1.06. The molecule has 1 heterocycles. The minimum absolute atomic E-state index is 0.143. The van der Waals surface area contributed by atoms with Crippen LogP contribution in [0.15, 0.2) is 24.3 Å². The SMILES string of the molecule is Cc1cccc(N2CCC(CN)(N(C)C)C2)c1. The van der Waals surface area contributed by atoms with E-state index in [0.717, 1.165) is 26.1 Å². The first kappa shape index (κ1) is 12.4. The predicted molar refractivity (Wildman–Crippen MR) is 73.5 cm³/mol. The van der Waals surface area contributed by atoms with Crippen molar-refractivity contribution in [2.45, 2.75) is 18.9 Å². The Bertz CT molecular complexity index is 389. The monoisotopic (exact) mass is 233 g/mol. The van der Waals surface area contributed by atoms with Gasteiger partial charge in [0, 0.05) is 25.3 Å². The van der Waals surface area contributed by atoms with Gasteiger partial charge in [-0.15, -0.1) is 0 Å². The third-order valence-corrected chi connectivity index (χ3v) is 4.03. The van der Waals surface area contributed by atoms with Crippen LogP contribution in [0.5, 0.6) is 0 Å². The molecule has 3 nitrogen and oxygen atoms in total. The summed E-state index contributed by atoms with van der Waals surface area (Å²) in [5.74, 6) is 0. The smallest absolute Gasteiger partial charge is 0.0518 e. The Kier molecular flexibility index (Phi) is 3.40. The van der Waals surface area contributed by atoms with Crippen molar-refractivity contribution in [3.8, 4) is 0 Å². The van der Waals surface area contributed by atoms with Crippen molar-refractivity contribution >= 4 is 5.69 Å². The lowest BCUT2D eigenvalue weighted by Gasteiger charge is -2.35. The van der Waals surface area contributed by atoms with E-state index < -0.39 is 0 Å². The minimum atomic E-state index is 0.143. The summed E-state index contributed by atoms with van der Waals surface area (Å²) in [6, 6.07) is 8.71. The summed E-state index contributed by atoms with van der Waals surface area (Å²) < 4.78 is 0. The van der Waals surface area contributed by atoms with E-state index in [1.165, 1.54) is 11.3 Å². The van der Waals surface area contributed by atoms with Gasteiger partial charge in [-0.1, -0.05) is 12.1 Å². The first-order valence-corrected chi connectivity index (χ1v) is 6.26. The summed E-state index contributed by atoms with van der Waals surface area (Å²) in [5, 5.41) is 0. The summed E-state index contributed by atoms with van der Waals surface area (Å²) >= 11 is 0. The zero-order chi connectivity index (χ0) is 12.5. The standard InChI is InChI=1S/C14H23N3/c1-12-5-4-6-13(9-12)17-8-7-14(10-15,11-17)16(2)3/h4-6,9H,7-8,10-11,15H2,1-3H3. The Morgan fingerprint density at radius 3 is 2.71 bits per heavy atom. The molecule has 0 radical (unpaired) electrons. The molecule has 1 aromatic rings. The summed E-state index contributed by atoms with van der Waals surface area (Å²) in [7, 11) is 4.26. The van der Waals surface area contributed by atoms with Gasteiger partial charge in [0.05, 0.1) is 5.54 Å². The number of anilines is 1. The van der Waals surface area contributed by atoms with Crippen LogP contribution in [0.1, 0.15) is 12.0 Å². The molecule has 1 fully saturated rings. The Labute approximate surface area is 104 Å². The van der Waals surface area contributed by atoms with Gasteiger partial charge in [0.2, 0.25) is 0 Å². The topological polar surface area (TPSA) is 32.5 Å². The highest BCUT2D eigenvalue weighted by atomic mass is 15.3. The lowest BCUT2D eigenvalue weighted by atomic mass is 9.97. The maximum atomic E-state index is 5.97. The molecule has 0 spiro atoms. The number of benzene rings is 1. The molecule has 0 amide bonds. The van der Waals surface area contributed by atoms with Crippen molar-refractivity contribution in [1.82, 2.24) is 4.90 Å². The van der Waals surface area contributed by atoms with Crippen molar-refractivity contribution in [2.75, 3.05) is 38.6 Å². The van der Waals surface area contributed by atoms with Crippen LogP contribution in [0, 0.1) is 6.92 Å². The average Bonchev–Trinajstić information content (AvgIpc) is 2.74. The van der Waals surface area contributed by atoms with E-state index in [0.29, 0.717) is 0 Å². The molecular weight excluding hydrogens is 210 g/mol. The number of rotatable bonds is 3. The van der Waals surface area contributed by atoms with E-state index >= 15 is 0 Å². The number of nitrogens with zero attached hydrogens (tertiary/aromatic N) is 2. The van der Waals surface area contributed by atoms with Gasteiger partial charge < -0.3 is 15.5 Å². The lowest BCUT2D eigenvalue weighted by molar-refractivity contribution is 0.184. The fourth-order valence-corrected chi connectivity index (χ4v) is 2.62. The first-order chi connectivity index (χ1) is 8.07. The maximum absolute atomic E-state index is 5.97. The number of nitrogens with two attached hydrogens (primary N) is 1. The van der Waals surface area contributed by atoms with Gasteiger partial charge in [-0.3, -0.25) is 0 Å².